The van der Waals surface area contributed by atoms with E-state index in [1.54, 1.807) is 4.90 Å². The van der Waals surface area contributed by atoms with Gasteiger partial charge in [-0.15, -0.1) is 0 Å². The summed E-state index contributed by atoms with van der Waals surface area (Å²) < 4.78 is 0. The van der Waals surface area contributed by atoms with Crippen LogP contribution in [0.25, 0.3) is 0 Å². The molecule has 29 heavy (non-hydrogen) atoms. The highest BCUT2D eigenvalue weighted by Crippen LogP contribution is 2.52. The van der Waals surface area contributed by atoms with Gasteiger partial charge in [-0.3, -0.25) is 19.7 Å². The van der Waals surface area contributed by atoms with E-state index in [1.165, 1.54) is 0 Å². The Morgan fingerprint density at radius 2 is 1.90 bits per heavy atom. The van der Waals surface area contributed by atoms with E-state index < -0.39 is 6.04 Å². The van der Waals surface area contributed by atoms with Gasteiger partial charge in [-0.2, -0.15) is 0 Å². The van der Waals surface area contributed by atoms with Crippen LogP contribution in [0, 0.1) is 11.3 Å². The number of hydrogen-bond acceptors (Lipinski definition) is 5. The number of anilines is 1. The molecule has 0 aromatic heterocycles. The van der Waals surface area contributed by atoms with Gasteiger partial charge in [0.1, 0.15) is 6.04 Å². The zero-order valence-corrected chi connectivity index (χ0v) is 16.5. The quantitative estimate of drug-likeness (QED) is 0.754. The van der Waals surface area contributed by atoms with Crippen LogP contribution < -0.4 is 10.2 Å². The summed E-state index contributed by atoms with van der Waals surface area (Å²) in [6.45, 7) is 2.74. The molecular weight excluding hydrogens is 370 g/mol. The van der Waals surface area contributed by atoms with Crippen molar-refractivity contribution in [1.29, 1.82) is 0 Å². The average molecular weight is 397 g/mol. The van der Waals surface area contributed by atoms with E-state index in [0.717, 1.165) is 50.0 Å². The number of amides is 3. The van der Waals surface area contributed by atoms with Gasteiger partial charge >= 0.3 is 0 Å². The van der Waals surface area contributed by atoms with Crippen molar-refractivity contribution in [2.75, 3.05) is 24.6 Å². The fourth-order valence-corrected chi connectivity index (χ4v) is 5.70. The van der Waals surface area contributed by atoms with Crippen LogP contribution in [0.4, 0.5) is 5.69 Å². The van der Waals surface area contributed by atoms with E-state index in [0.29, 0.717) is 36.5 Å². The van der Waals surface area contributed by atoms with Gasteiger partial charge in [-0.05, 0) is 67.2 Å². The summed E-state index contributed by atoms with van der Waals surface area (Å²) in [7, 11) is 0. The summed E-state index contributed by atoms with van der Waals surface area (Å²) >= 11 is 0. The number of fused-ring (bicyclic) bond motifs is 1. The van der Waals surface area contributed by atoms with Gasteiger partial charge in [0.15, 0.2) is 0 Å². The van der Waals surface area contributed by atoms with Crippen LogP contribution in [0.1, 0.15) is 54.4 Å². The molecule has 5 rings (SSSR count). The number of carbonyl (C=O) groups excluding carboxylic acids is 3. The Morgan fingerprint density at radius 3 is 2.59 bits per heavy atom. The molecule has 3 heterocycles. The van der Waals surface area contributed by atoms with Crippen molar-refractivity contribution in [2.24, 2.45) is 11.3 Å². The Kier molecular flexibility index (Phi) is 4.38. The topological polar surface area (TPSA) is 90.0 Å². The lowest BCUT2D eigenvalue weighted by molar-refractivity contribution is -0.136. The molecule has 1 aromatic rings. The maximum absolute atomic E-state index is 12.8. The summed E-state index contributed by atoms with van der Waals surface area (Å²) in [6.07, 6.45) is 5.27. The van der Waals surface area contributed by atoms with E-state index in [4.69, 9.17) is 0 Å². The van der Waals surface area contributed by atoms with Crippen LogP contribution in [0.2, 0.25) is 0 Å². The molecule has 1 atom stereocenters. The lowest BCUT2D eigenvalue weighted by Crippen LogP contribution is -2.52. The number of imide groups is 1. The van der Waals surface area contributed by atoms with Crippen molar-refractivity contribution in [1.82, 2.24) is 10.2 Å². The lowest BCUT2D eigenvalue weighted by Gasteiger charge is -2.52. The van der Waals surface area contributed by atoms with Crippen molar-refractivity contribution in [3.05, 3.63) is 29.3 Å². The number of piperidine rings is 2. The number of rotatable bonds is 3. The Labute approximate surface area is 170 Å². The smallest absolute Gasteiger partial charge is 0.255 e. The van der Waals surface area contributed by atoms with Gasteiger partial charge in [0.05, 0.1) is 0 Å². The third-order valence-electron chi connectivity index (χ3n) is 7.40. The minimum atomic E-state index is -0.566. The molecule has 4 aliphatic rings. The molecule has 1 unspecified atom stereocenters. The number of carbonyl (C=O) groups is 3. The number of nitrogens with one attached hydrogen (secondary N) is 1. The standard InChI is InChI=1S/C22H27N3O4/c26-13-14-10-22(11-14)5-7-24(8-6-22)16-1-2-17-15(9-16)12-25(21(17)29)18-3-4-19(27)23-20(18)28/h1-2,9,14,18,26H,3-8,10-13H2,(H,23,27,28). The molecule has 1 saturated carbocycles. The van der Waals surface area contributed by atoms with E-state index in [2.05, 4.69) is 16.3 Å². The zero-order chi connectivity index (χ0) is 20.2. The van der Waals surface area contributed by atoms with Crippen LogP contribution in [0.5, 0.6) is 0 Å². The molecule has 3 fully saturated rings. The SMILES string of the molecule is O=C1CCC(N2Cc3cc(N4CCC5(CC4)CC(CO)C5)ccc3C2=O)C(=O)N1. The van der Waals surface area contributed by atoms with E-state index >= 15 is 0 Å². The molecule has 2 N–H and O–H groups in total. The molecule has 154 valence electrons. The molecule has 1 spiro atoms. The first kappa shape index (κ1) is 18.6. The molecule has 2 saturated heterocycles. The van der Waals surface area contributed by atoms with Crippen LogP contribution in [0.3, 0.4) is 0 Å². The van der Waals surface area contributed by atoms with Crippen LogP contribution >= 0.6 is 0 Å². The van der Waals surface area contributed by atoms with Crippen LogP contribution in [0.15, 0.2) is 18.2 Å². The molecule has 7 nitrogen and oxygen atoms in total. The third kappa shape index (κ3) is 3.12. The molecule has 0 bridgehead atoms. The molecule has 0 radical (unpaired) electrons. The van der Waals surface area contributed by atoms with Gasteiger partial charge in [0, 0.05) is 43.9 Å². The summed E-state index contributed by atoms with van der Waals surface area (Å²) in [5, 5.41) is 11.6. The number of aliphatic hydroxyl groups excluding tert-OH is 1. The maximum Gasteiger partial charge on any atom is 0.255 e. The summed E-state index contributed by atoms with van der Waals surface area (Å²) in [5.41, 5.74) is 3.19. The second-order valence-electron chi connectivity index (χ2n) is 9.19. The first-order chi connectivity index (χ1) is 14.0. The first-order valence-electron chi connectivity index (χ1n) is 10.6. The van der Waals surface area contributed by atoms with Crippen molar-refractivity contribution < 1.29 is 19.5 Å². The number of aliphatic hydroxyl groups is 1. The highest BCUT2D eigenvalue weighted by atomic mass is 16.3. The lowest BCUT2D eigenvalue weighted by atomic mass is 9.58. The predicted molar refractivity (Wildman–Crippen MR) is 106 cm³/mol. The van der Waals surface area contributed by atoms with Gasteiger partial charge in [0.2, 0.25) is 11.8 Å². The number of benzene rings is 1. The summed E-state index contributed by atoms with van der Waals surface area (Å²) in [6, 6.07) is 5.42. The van der Waals surface area contributed by atoms with Crippen molar-refractivity contribution in [2.45, 2.75) is 51.1 Å². The Balaban J connectivity index is 1.27. The number of nitrogens with zero attached hydrogens (tertiary/aromatic N) is 2. The molecule has 3 aliphatic heterocycles. The van der Waals surface area contributed by atoms with Crippen LogP contribution in [-0.2, 0) is 16.1 Å². The predicted octanol–water partition coefficient (Wildman–Crippen LogP) is 1.44. The van der Waals surface area contributed by atoms with Crippen molar-refractivity contribution in [3.8, 4) is 0 Å². The van der Waals surface area contributed by atoms with Gasteiger partial charge in [0.25, 0.3) is 5.91 Å². The normalized spacial score (nSPS) is 26.5. The largest absolute Gasteiger partial charge is 0.396 e. The second kappa shape index (κ2) is 6.83. The van der Waals surface area contributed by atoms with Crippen molar-refractivity contribution in [3.63, 3.8) is 0 Å². The summed E-state index contributed by atoms with van der Waals surface area (Å²) in [5.74, 6) is -0.267. The minimum absolute atomic E-state index is 0.122. The zero-order valence-electron chi connectivity index (χ0n) is 16.5. The minimum Gasteiger partial charge on any atom is -0.396 e. The molecule has 3 amide bonds. The molecule has 7 heteroatoms. The first-order valence-corrected chi connectivity index (χ1v) is 10.6. The second-order valence-corrected chi connectivity index (χ2v) is 9.19. The maximum atomic E-state index is 12.8. The highest BCUT2D eigenvalue weighted by molar-refractivity contribution is 6.05. The number of hydrogen-bond donors (Lipinski definition) is 2. The molecule has 1 aromatic carbocycles. The fourth-order valence-electron chi connectivity index (χ4n) is 5.70. The Morgan fingerprint density at radius 1 is 1.14 bits per heavy atom. The van der Waals surface area contributed by atoms with Crippen LogP contribution in [-0.4, -0.2) is 53.5 Å². The van der Waals surface area contributed by atoms with E-state index in [1.807, 2.05) is 12.1 Å². The molecular formula is C22H27N3O4. The Hall–Kier alpha value is -2.41. The van der Waals surface area contributed by atoms with E-state index in [9.17, 15) is 19.5 Å². The Bertz CT molecular complexity index is 867. The van der Waals surface area contributed by atoms with E-state index in [-0.39, 0.29) is 24.1 Å². The third-order valence-corrected chi connectivity index (χ3v) is 7.40. The summed E-state index contributed by atoms with van der Waals surface area (Å²) in [4.78, 5) is 40.4. The highest BCUT2D eigenvalue weighted by Gasteiger charge is 2.45. The van der Waals surface area contributed by atoms with Gasteiger partial charge < -0.3 is 14.9 Å². The van der Waals surface area contributed by atoms with Gasteiger partial charge in [-0.25, -0.2) is 0 Å². The molecule has 1 aliphatic carbocycles. The van der Waals surface area contributed by atoms with Gasteiger partial charge in [-0.1, -0.05) is 0 Å². The fraction of sp³-hybridized carbons (Fsp3) is 0.591. The average Bonchev–Trinajstić information content (AvgIpc) is 3.02. The monoisotopic (exact) mass is 397 g/mol. The van der Waals surface area contributed by atoms with Crippen molar-refractivity contribution >= 4 is 23.4 Å².